The molecule has 1 heterocycles. The third kappa shape index (κ3) is 4.72. The Morgan fingerprint density at radius 1 is 1.16 bits per heavy atom. The van der Waals surface area contributed by atoms with Crippen molar-refractivity contribution in [1.82, 2.24) is 9.47 Å². The molecule has 0 unspecified atom stereocenters. The number of hydrogen-bond donors (Lipinski definition) is 0. The monoisotopic (exact) mass is 483 g/mol. The third-order valence-corrected chi connectivity index (χ3v) is 5.52. The number of benzene rings is 2. The average Bonchev–Trinajstić information content (AvgIpc) is 2.78. The first-order chi connectivity index (χ1) is 14.9. The second kappa shape index (κ2) is 9.67. The van der Waals surface area contributed by atoms with E-state index in [0.29, 0.717) is 35.5 Å². The van der Waals surface area contributed by atoms with Gasteiger partial charge in [-0.05, 0) is 42.8 Å². The van der Waals surface area contributed by atoms with E-state index in [0.717, 1.165) is 10.0 Å². The van der Waals surface area contributed by atoms with Gasteiger partial charge in [0.15, 0.2) is 11.5 Å². The number of hydrogen-bond acceptors (Lipinski definition) is 5. The standard InChI is InChI=1S/C23H22BrN3O4/c1-4-26(12-15-5-8-20(30-2)21(9-15)31-3)22(28)14-27-13-16(11-25)23(29)18-10-17(24)6-7-19(18)27/h5-10,13H,4,12,14H2,1-3H3. The molecule has 0 aliphatic rings. The summed E-state index contributed by atoms with van der Waals surface area (Å²) in [5.41, 5.74) is 1.16. The van der Waals surface area contributed by atoms with E-state index in [9.17, 15) is 14.9 Å². The van der Waals surface area contributed by atoms with Crippen molar-refractivity contribution in [3.8, 4) is 17.6 Å². The summed E-state index contributed by atoms with van der Waals surface area (Å²) >= 11 is 3.36. The van der Waals surface area contributed by atoms with Crippen LogP contribution in [0.25, 0.3) is 10.9 Å². The number of amides is 1. The predicted octanol–water partition coefficient (Wildman–Crippen LogP) is 3.70. The van der Waals surface area contributed by atoms with Gasteiger partial charge in [0.05, 0.1) is 19.7 Å². The number of halogens is 1. The Balaban J connectivity index is 1.91. The van der Waals surface area contributed by atoms with Gasteiger partial charge in [-0.3, -0.25) is 9.59 Å². The number of nitrogens with zero attached hydrogens (tertiary/aromatic N) is 3. The summed E-state index contributed by atoms with van der Waals surface area (Å²) in [6, 6.07) is 12.7. The highest BCUT2D eigenvalue weighted by atomic mass is 79.9. The van der Waals surface area contributed by atoms with Crippen LogP contribution in [0.5, 0.6) is 11.5 Å². The van der Waals surface area contributed by atoms with E-state index in [1.807, 2.05) is 25.1 Å². The molecule has 0 aliphatic carbocycles. The summed E-state index contributed by atoms with van der Waals surface area (Å²) in [5, 5.41) is 9.75. The molecule has 1 amide bonds. The Labute approximate surface area is 188 Å². The van der Waals surface area contributed by atoms with Crippen LogP contribution in [0.3, 0.4) is 0 Å². The van der Waals surface area contributed by atoms with E-state index < -0.39 is 0 Å². The molecule has 3 aromatic rings. The normalized spacial score (nSPS) is 10.5. The van der Waals surface area contributed by atoms with Crippen molar-refractivity contribution >= 4 is 32.7 Å². The fraction of sp³-hybridized carbons (Fsp3) is 0.261. The molecule has 0 bridgehead atoms. The van der Waals surface area contributed by atoms with Gasteiger partial charge in [0.25, 0.3) is 0 Å². The first kappa shape index (κ1) is 22.4. The Morgan fingerprint density at radius 3 is 2.55 bits per heavy atom. The number of pyridine rings is 1. The lowest BCUT2D eigenvalue weighted by Crippen LogP contribution is -2.33. The number of likely N-dealkylation sites (N-methyl/N-ethyl adjacent to an activating group) is 1. The van der Waals surface area contributed by atoms with Gasteiger partial charge in [-0.15, -0.1) is 0 Å². The highest BCUT2D eigenvalue weighted by Gasteiger charge is 2.17. The topological polar surface area (TPSA) is 84.6 Å². The number of aromatic nitrogens is 1. The zero-order valence-corrected chi connectivity index (χ0v) is 19.1. The lowest BCUT2D eigenvalue weighted by atomic mass is 10.1. The van der Waals surface area contributed by atoms with Crippen LogP contribution in [0.4, 0.5) is 0 Å². The summed E-state index contributed by atoms with van der Waals surface area (Å²) in [6.07, 6.45) is 1.45. The molecule has 8 heteroatoms. The molecule has 0 N–H and O–H groups in total. The second-order valence-electron chi connectivity index (χ2n) is 6.87. The fourth-order valence-corrected chi connectivity index (χ4v) is 3.76. The summed E-state index contributed by atoms with van der Waals surface area (Å²) in [4.78, 5) is 27.3. The summed E-state index contributed by atoms with van der Waals surface area (Å²) in [6.45, 7) is 2.81. The molecule has 0 fully saturated rings. The van der Waals surface area contributed by atoms with Crippen LogP contribution in [-0.2, 0) is 17.9 Å². The van der Waals surface area contributed by atoms with Crippen molar-refractivity contribution in [2.45, 2.75) is 20.0 Å². The van der Waals surface area contributed by atoms with E-state index in [1.54, 1.807) is 48.0 Å². The largest absolute Gasteiger partial charge is 0.493 e. The van der Waals surface area contributed by atoms with Crippen LogP contribution in [0, 0.1) is 11.3 Å². The van der Waals surface area contributed by atoms with Crippen LogP contribution in [-0.4, -0.2) is 36.1 Å². The minimum atomic E-state index is -0.347. The van der Waals surface area contributed by atoms with Crippen molar-refractivity contribution in [3.63, 3.8) is 0 Å². The summed E-state index contributed by atoms with van der Waals surface area (Å²) in [7, 11) is 3.14. The molecule has 7 nitrogen and oxygen atoms in total. The Kier molecular flexibility index (Phi) is 6.98. The van der Waals surface area contributed by atoms with Gasteiger partial charge in [-0.2, -0.15) is 5.26 Å². The van der Waals surface area contributed by atoms with Crippen molar-refractivity contribution in [2.75, 3.05) is 20.8 Å². The van der Waals surface area contributed by atoms with Crippen LogP contribution in [0.2, 0.25) is 0 Å². The maximum Gasteiger partial charge on any atom is 0.242 e. The second-order valence-corrected chi connectivity index (χ2v) is 7.79. The van der Waals surface area contributed by atoms with Crippen LogP contribution >= 0.6 is 15.9 Å². The van der Waals surface area contributed by atoms with Gasteiger partial charge in [-0.1, -0.05) is 22.0 Å². The zero-order valence-electron chi connectivity index (χ0n) is 17.5. The van der Waals surface area contributed by atoms with Crippen LogP contribution in [0.15, 0.2) is 51.9 Å². The minimum Gasteiger partial charge on any atom is -0.493 e. The highest BCUT2D eigenvalue weighted by molar-refractivity contribution is 9.10. The zero-order chi connectivity index (χ0) is 22.5. The number of carbonyl (C=O) groups is 1. The van der Waals surface area contributed by atoms with Gasteiger partial charge >= 0.3 is 0 Å². The number of carbonyl (C=O) groups excluding carboxylic acids is 1. The highest BCUT2D eigenvalue weighted by Crippen LogP contribution is 2.28. The van der Waals surface area contributed by atoms with Gasteiger partial charge < -0.3 is 18.9 Å². The number of ether oxygens (including phenoxy) is 2. The van der Waals surface area contributed by atoms with Crippen molar-refractivity contribution < 1.29 is 14.3 Å². The molecular weight excluding hydrogens is 462 g/mol. The molecular formula is C23H22BrN3O4. The SMILES string of the molecule is CCN(Cc1ccc(OC)c(OC)c1)C(=O)Cn1cc(C#N)c(=O)c2cc(Br)ccc21. The molecule has 0 aliphatic heterocycles. The van der Waals surface area contributed by atoms with Gasteiger partial charge in [0.2, 0.25) is 11.3 Å². The van der Waals surface area contributed by atoms with E-state index in [-0.39, 0.29) is 23.4 Å². The Bertz CT molecular complexity index is 1230. The van der Waals surface area contributed by atoms with Crippen LogP contribution in [0.1, 0.15) is 18.1 Å². The number of fused-ring (bicyclic) bond motifs is 1. The molecule has 0 saturated carbocycles. The number of rotatable bonds is 7. The molecule has 0 radical (unpaired) electrons. The Morgan fingerprint density at radius 2 is 1.90 bits per heavy atom. The van der Waals surface area contributed by atoms with E-state index in [1.165, 1.54) is 6.20 Å². The van der Waals surface area contributed by atoms with E-state index >= 15 is 0 Å². The first-order valence-corrected chi connectivity index (χ1v) is 10.4. The molecule has 160 valence electrons. The maximum atomic E-state index is 13.1. The third-order valence-electron chi connectivity index (χ3n) is 5.02. The smallest absolute Gasteiger partial charge is 0.242 e. The maximum absolute atomic E-state index is 13.1. The van der Waals surface area contributed by atoms with Crippen molar-refractivity contribution in [1.29, 1.82) is 5.26 Å². The molecule has 2 aromatic carbocycles. The van der Waals surface area contributed by atoms with Crippen molar-refractivity contribution in [2.24, 2.45) is 0 Å². The number of methoxy groups -OCH3 is 2. The first-order valence-electron chi connectivity index (χ1n) is 9.63. The van der Waals surface area contributed by atoms with E-state index in [2.05, 4.69) is 15.9 Å². The summed E-state index contributed by atoms with van der Waals surface area (Å²) < 4.78 is 13.0. The quantitative estimate of drug-likeness (QED) is 0.511. The lowest BCUT2D eigenvalue weighted by molar-refractivity contribution is -0.132. The van der Waals surface area contributed by atoms with E-state index in [4.69, 9.17) is 9.47 Å². The lowest BCUT2D eigenvalue weighted by Gasteiger charge is -2.23. The molecule has 0 spiro atoms. The van der Waals surface area contributed by atoms with Gasteiger partial charge in [0, 0.05) is 29.1 Å². The number of nitriles is 1. The van der Waals surface area contributed by atoms with Crippen LogP contribution < -0.4 is 14.9 Å². The molecule has 1 aromatic heterocycles. The Hall–Kier alpha value is -3.31. The van der Waals surface area contributed by atoms with Crippen molar-refractivity contribution in [3.05, 3.63) is 68.4 Å². The fourth-order valence-electron chi connectivity index (χ4n) is 3.40. The predicted molar refractivity (Wildman–Crippen MR) is 121 cm³/mol. The molecule has 3 rings (SSSR count). The van der Waals surface area contributed by atoms with Gasteiger partial charge in [0.1, 0.15) is 18.2 Å². The molecule has 31 heavy (non-hydrogen) atoms. The summed E-state index contributed by atoms with van der Waals surface area (Å²) in [5.74, 6) is 1.09. The minimum absolute atomic E-state index is 0.00124. The average molecular weight is 484 g/mol. The molecule has 0 atom stereocenters. The van der Waals surface area contributed by atoms with Gasteiger partial charge in [-0.25, -0.2) is 0 Å². The molecule has 0 saturated heterocycles.